The van der Waals surface area contributed by atoms with E-state index in [1.54, 1.807) is 31.3 Å². The van der Waals surface area contributed by atoms with Gasteiger partial charge in [-0.15, -0.1) is 5.10 Å². The summed E-state index contributed by atoms with van der Waals surface area (Å²) < 4.78 is 12.2. The van der Waals surface area contributed by atoms with Crippen LogP contribution in [0.15, 0.2) is 12.4 Å². The number of carbonyl (C=O) groups excluding carboxylic acids is 1. The van der Waals surface area contributed by atoms with Crippen LogP contribution in [0.3, 0.4) is 0 Å². The Kier molecular flexibility index (Phi) is 4.86. The molecule has 1 aromatic heterocycles. The highest BCUT2D eigenvalue weighted by molar-refractivity contribution is 5.76. The van der Waals surface area contributed by atoms with Gasteiger partial charge in [-0.2, -0.15) is 0 Å². The van der Waals surface area contributed by atoms with Crippen LogP contribution >= 0.6 is 0 Å². The number of methoxy groups -OCH3 is 2. The number of aryl methyl sites for hydroxylation is 1. The number of carbonyl (C=O) groups is 1. The Balaban J connectivity index is 1.88. The predicted octanol–water partition coefficient (Wildman–Crippen LogP) is -0.0695. The maximum absolute atomic E-state index is 12.2. The standard InChI is InChI=1S/C12H20N4O3/c1-18-9-10-7-11(19-2)8-16(10)12(17)3-5-15-6-4-13-14-15/h4,6,10-11H,3,5,7-9H2,1-2H3/t10-,11+/m0/s1. The van der Waals surface area contributed by atoms with Crippen molar-refractivity contribution in [2.45, 2.75) is 31.5 Å². The minimum Gasteiger partial charge on any atom is -0.383 e. The quantitative estimate of drug-likeness (QED) is 0.722. The highest BCUT2D eigenvalue weighted by atomic mass is 16.5. The van der Waals surface area contributed by atoms with Gasteiger partial charge in [-0.25, -0.2) is 0 Å². The van der Waals surface area contributed by atoms with Crippen LogP contribution in [0.1, 0.15) is 12.8 Å². The van der Waals surface area contributed by atoms with Crippen molar-refractivity contribution in [1.29, 1.82) is 0 Å². The second-order valence-electron chi connectivity index (χ2n) is 4.66. The van der Waals surface area contributed by atoms with Crippen molar-refractivity contribution in [2.24, 2.45) is 0 Å². The Bertz CT molecular complexity index is 396. The lowest BCUT2D eigenvalue weighted by molar-refractivity contribution is -0.133. The molecule has 1 amide bonds. The van der Waals surface area contributed by atoms with Crippen molar-refractivity contribution in [3.05, 3.63) is 12.4 Å². The average molecular weight is 268 g/mol. The van der Waals surface area contributed by atoms with Gasteiger partial charge in [0.05, 0.1) is 31.5 Å². The van der Waals surface area contributed by atoms with Crippen molar-refractivity contribution in [3.63, 3.8) is 0 Å². The van der Waals surface area contributed by atoms with Crippen molar-refractivity contribution in [3.8, 4) is 0 Å². The molecule has 106 valence electrons. The largest absolute Gasteiger partial charge is 0.383 e. The third-order valence-electron chi connectivity index (χ3n) is 3.42. The fourth-order valence-electron chi connectivity index (χ4n) is 2.41. The van der Waals surface area contributed by atoms with Gasteiger partial charge in [0.2, 0.25) is 5.91 Å². The van der Waals surface area contributed by atoms with E-state index in [1.165, 1.54) is 0 Å². The van der Waals surface area contributed by atoms with E-state index in [1.807, 2.05) is 4.90 Å². The predicted molar refractivity (Wildman–Crippen MR) is 67.4 cm³/mol. The second-order valence-corrected chi connectivity index (χ2v) is 4.66. The Labute approximate surface area is 112 Å². The first-order valence-corrected chi connectivity index (χ1v) is 6.40. The highest BCUT2D eigenvalue weighted by Crippen LogP contribution is 2.21. The van der Waals surface area contributed by atoms with Gasteiger partial charge in [0, 0.05) is 33.4 Å². The molecule has 7 nitrogen and oxygen atoms in total. The van der Waals surface area contributed by atoms with Crippen LogP contribution in [0.2, 0.25) is 0 Å². The summed E-state index contributed by atoms with van der Waals surface area (Å²) in [7, 11) is 3.33. The van der Waals surface area contributed by atoms with Gasteiger partial charge in [0.25, 0.3) is 0 Å². The summed E-state index contributed by atoms with van der Waals surface area (Å²) in [5, 5.41) is 7.56. The molecule has 1 fully saturated rings. The Hall–Kier alpha value is -1.47. The van der Waals surface area contributed by atoms with Gasteiger partial charge in [-0.05, 0) is 6.42 Å². The van der Waals surface area contributed by atoms with E-state index in [-0.39, 0.29) is 18.1 Å². The van der Waals surface area contributed by atoms with E-state index >= 15 is 0 Å². The zero-order valence-electron chi connectivity index (χ0n) is 11.4. The third-order valence-corrected chi connectivity index (χ3v) is 3.42. The SMILES string of the molecule is COC[C@@H]1C[C@@H](OC)CN1C(=O)CCn1ccnn1. The maximum Gasteiger partial charge on any atom is 0.224 e. The summed E-state index contributed by atoms with van der Waals surface area (Å²) in [6.07, 6.45) is 4.71. The molecule has 0 N–H and O–H groups in total. The van der Waals surface area contributed by atoms with E-state index in [9.17, 15) is 4.79 Å². The summed E-state index contributed by atoms with van der Waals surface area (Å²) in [5.74, 6) is 0.108. The molecule has 19 heavy (non-hydrogen) atoms. The zero-order valence-corrected chi connectivity index (χ0v) is 11.4. The molecule has 2 heterocycles. The van der Waals surface area contributed by atoms with Crippen LogP contribution in [0, 0.1) is 0 Å². The molecule has 0 saturated carbocycles. The van der Waals surface area contributed by atoms with Crippen molar-refractivity contribution >= 4 is 5.91 Å². The summed E-state index contributed by atoms with van der Waals surface area (Å²) >= 11 is 0. The molecule has 1 saturated heterocycles. The average Bonchev–Trinajstić information content (AvgIpc) is 3.05. The first-order valence-electron chi connectivity index (χ1n) is 6.40. The molecule has 1 aromatic rings. The number of hydrogen-bond acceptors (Lipinski definition) is 5. The highest BCUT2D eigenvalue weighted by Gasteiger charge is 2.34. The molecule has 0 aromatic carbocycles. The molecule has 1 aliphatic heterocycles. The third kappa shape index (κ3) is 3.51. The number of aromatic nitrogens is 3. The summed E-state index contributed by atoms with van der Waals surface area (Å²) in [6.45, 7) is 1.74. The summed E-state index contributed by atoms with van der Waals surface area (Å²) in [5.41, 5.74) is 0. The fourth-order valence-corrected chi connectivity index (χ4v) is 2.41. The summed E-state index contributed by atoms with van der Waals surface area (Å²) in [4.78, 5) is 14.1. The van der Waals surface area contributed by atoms with Crippen molar-refractivity contribution in [1.82, 2.24) is 19.9 Å². The van der Waals surface area contributed by atoms with Gasteiger partial charge in [-0.3, -0.25) is 9.48 Å². The number of ether oxygens (including phenoxy) is 2. The number of hydrogen-bond donors (Lipinski definition) is 0. The van der Waals surface area contributed by atoms with Crippen LogP contribution in [0.25, 0.3) is 0 Å². The Morgan fingerprint density at radius 3 is 2.95 bits per heavy atom. The molecule has 7 heteroatoms. The first-order chi connectivity index (χ1) is 9.24. The minimum absolute atomic E-state index is 0.107. The molecule has 0 bridgehead atoms. The maximum atomic E-state index is 12.2. The molecule has 1 aliphatic rings. The Morgan fingerprint density at radius 1 is 1.47 bits per heavy atom. The van der Waals surface area contributed by atoms with Gasteiger partial charge in [0.15, 0.2) is 0 Å². The smallest absolute Gasteiger partial charge is 0.224 e. The molecule has 0 aliphatic carbocycles. The van der Waals surface area contributed by atoms with Crippen LogP contribution in [-0.4, -0.2) is 65.3 Å². The number of amides is 1. The van der Waals surface area contributed by atoms with Gasteiger partial charge < -0.3 is 14.4 Å². The van der Waals surface area contributed by atoms with Crippen LogP contribution in [0.5, 0.6) is 0 Å². The van der Waals surface area contributed by atoms with Gasteiger partial charge in [0.1, 0.15) is 0 Å². The number of nitrogens with zero attached hydrogens (tertiary/aromatic N) is 4. The minimum atomic E-state index is 0.107. The topological polar surface area (TPSA) is 69.5 Å². The first kappa shape index (κ1) is 14.0. The molecule has 0 spiro atoms. The Morgan fingerprint density at radius 2 is 2.32 bits per heavy atom. The lowest BCUT2D eigenvalue weighted by Crippen LogP contribution is -2.38. The van der Waals surface area contributed by atoms with E-state index in [2.05, 4.69) is 10.3 Å². The number of rotatable bonds is 6. The lowest BCUT2D eigenvalue weighted by Gasteiger charge is -2.23. The van der Waals surface area contributed by atoms with Crippen LogP contribution in [-0.2, 0) is 20.8 Å². The van der Waals surface area contributed by atoms with E-state index in [4.69, 9.17) is 9.47 Å². The van der Waals surface area contributed by atoms with Crippen molar-refractivity contribution in [2.75, 3.05) is 27.4 Å². The molecule has 0 unspecified atom stereocenters. The molecular weight excluding hydrogens is 248 g/mol. The van der Waals surface area contributed by atoms with E-state index in [0.29, 0.717) is 26.1 Å². The number of likely N-dealkylation sites (tertiary alicyclic amines) is 1. The van der Waals surface area contributed by atoms with Gasteiger partial charge >= 0.3 is 0 Å². The molecule has 2 atom stereocenters. The van der Waals surface area contributed by atoms with E-state index in [0.717, 1.165) is 6.42 Å². The lowest BCUT2D eigenvalue weighted by atomic mass is 10.2. The molecule has 2 rings (SSSR count). The van der Waals surface area contributed by atoms with Crippen molar-refractivity contribution < 1.29 is 14.3 Å². The van der Waals surface area contributed by atoms with E-state index < -0.39 is 0 Å². The monoisotopic (exact) mass is 268 g/mol. The summed E-state index contributed by atoms with van der Waals surface area (Å²) in [6, 6.07) is 0.109. The fraction of sp³-hybridized carbons (Fsp3) is 0.750. The molecule has 0 radical (unpaired) electrons. The van der Waals surface area contributed by atoms with Crippen LogP contribution < -0.4 is 0 Å². The normalized spacial score (nSPS) is 22.9. The zero-order chi connectivity index (χ0) is 13.7. The van der Waals surface area contributed by atoms with Gasteiger partial charge in [-0.1, -0.05) is 5.21 Å². The second kappa shape index (κ2) is 6.63. The molecular formula is C12H20N4O3. The van der Waals surface area contributed by atoms with Crippen LogP contribution in [0.4, 0.5) is 0 Å².